The van der Waals surface area contributed by atoms with Crippen LogP contribution in [0.3, 0.4) is 0 Å². The van der Waals surface area contributed by atoms with Crippen LogP contribution in [0.4, 0.5) is 0 Å². The van der Waals surface area contributed by atoms with Gasteiger partial charge in [0.1, 0.15) is 0 Å². The Morgan fingerprint density at radius 2 is 1.32 bits per heavy atom. The summed E-state index contributed by atoms with van der Waals surface area (Å²) < 4.78 is 4.49. The predicted molar refractivity (Wildman–Crippen MR) is 136 cm³/mol. The first-order valence-corrected chi connectivity index (χ1v) is 11.2. The number of aromatic nitrogens is 5. The zero-order valence-corrected chi connectivity index (χ0v) is 18.2. The van der Waals surface area contributed by atoms with E-state index in [4.69, 9.17) is 0 Å². The molecule has 0 saturated heterocycles. The minimum absolute atomic E-state index is 0.668. The van der Waals surface area contributed by atoms with Crippen molar-refractivity contribution in [1.29, 1.82) is 0 Å². The first kappa shape index (κ1) is 18.8. The Bertz CT molecular complexity index is 1780. The molecule has 0 radical (unpaired) electrons. The van der Waals surface area contributed by atoms with E-state index in [2.05, 4.69) is 103 Å². The van der Waals surface area contributed by atoms with Gasteiger partial charge >= 0.3 is 0 Å². The molecule has 0 aliphatic carbocycles. The molecule has 5 heteroatoms. The highest BCUT2D eigenvalue weighted by molar-refractivity contribution is 6.21. The Kier molecular flexibility index (Phi) is 4.08. The van der Waals surface area contributed by atoms with Gasteiger partial charge in [-0.2, -0.15) is 0 Å². The quantitative estimate of drug-likeness (QED) is 0.314. The van der Waals surface area contributed by atoms with E-state index in [9.17, 15) is 0 Å². The fraction of sp³-hybridized carbons (Fsp3) is 0. The second kappa shape index (κ2) is 7.39. The zero-order chi connectivity index (χ0) is 22.5. The first-order valence-electron chi connectivity index (χ1n) is 11.2. The molecule has 34 heavy (non-hydrogen) atoms. The monoisotopic (exact) mass is 437 g/mol. The molecule has 3 aromatic carbocycles. The van der Waals surface area contributed by atoms with Gasteiger partial charge in [-0.1, -0.05) is 36.4 Å². The molecule has 0 N–H and O–H groups in total. The summed E-state index contributed by atoms with van der Waals surface area (Å²) in [4.78, 5) is 13.3. The van der Waals surface area contributed by atoms with E-state index in [1.807, 2.05) is 24.5 Å². The van der Waals surface area contributed by atoms with Crippen LogP contribution in [0.15, 0.2) is 116 Å². The number of rotatable bonds is 3. The van der Waals surface area contributed by atoms with Gasteiger partial charge in [-0.3, -0.25) is 4.98 Å². The van der Waals surface area contributed by atoms with Crippen LogP contribution in [0.25, 0.3) is 55.5 Å². The molecular weight excluding hydrogens is 418 g/mol. The van der Waals surface area contributed by atoms with Gasteiger partial charge in [0, 0.05) is 46.0 Å². The van der Waals surface area contributed by atoms with Crippen LogP contribution < -0.4 is 0 Å². The van der Waals surface area contributed by atoms with Crippen molar-refractivity contribution >= 4 is 32.7 Å². The average Bonchev–Trinajstić information content (AvgIpc) is 3.49. The highest BCUT2D eigenvalue weighted by Crippen LogP contribution is 2.37. The number of para-hydroxylation sites is 2. The van der Waals surface area contributed by atoms with Crippen LogP contribution in [0.1, 0.15) is 0 Å². The first-order chi connectivity index (χ1) is 16.9. The van der Waals surface area contributed by atoms with Crippen molar-refractivity contribution < 1.29 is 0 Å². The molecule has 0 saturated carbocycles. The maximum absolute atomic E-state index is 4.59. The Morgan fingerprint density at radius 3 is 2.15 bits per heavy atom. The molecule has 0 amide bonds. The van der Waals surface area contributed by atoms with Crippen molar-refractivity contribution in [2.24, 2.45) is 0 Å². The Morgan fingerprint density at radius 1 is 0.559 bits per heavy atom. The normalized spacial score (nSPS) is 11.5. The van der Waals surface area contributed by atoms with Crippen LogP contribution in [0, 0.1) is 0 Å². The molecule has 7 rings (SSSR count). The lowest BCUT2D eigenvalue weighted by Crippen LogP contribution is -1.97. The summed E-state index contributed by atoms with van der Waals surface area (Å²) in [6, 6.07) is 29.6. The Hall–Kier alpha value is -4.77. The van der Waals surface area contributed by atoms with Crippen molar-refractivity contribution in [3.05, 3.63) is 116 Å². The van der Waals surface area contributed by atoms with Crippen molar-refractivity contribution in [3.63, 3.8) is 0 Å². The van der Waals surface area contributed by atoms with E-state index < -0.39 is 0 Å². The van der Waals surface area contributed by atoms with E-state index in [0.29, 0.717) is 5.82 Å². The number of hydrogen-bond acceptors (Lipinski definition) is 3. The lowest BCUT2D eigenvalue weighted by molar-refractivity contribution is 1.05. The van der Waals surface area contributed by atoms with Gasteiger partial charge in [0.25, 0.3) is 0 Å². The van der Waals surface area contributed by atoms with E-state index in [1.165, 1.54) is 27.2 Å². The third-order valence-corrected chi connectivity index (χ3v) is 6.36. The zero-order valence-electron chi connectivity index (χ0n) is 18.2. The largest absolute Gasteiger partial charge is 0.314 e. The standard InChI is InChI=1S/C29H19N5/c1-2-8-21(9-3-1)34-26-11-5-4-10-23(26)28-24-14-16-33(25(24)12-13-27(28)34)22-18-31-29(32-19-22)20-7-6-15-30-17-20/h1-19H. The van der Waals surface area contributed by atoms with Crippen LogP contribution in [0.2, 0.25) is 0 Å². The van der Waals surface area contributed by atoms with Crippen molar-refractivity contribution in [2.45, 2.75) is 0 Å². The van der Waals surface area contributed by atoms with Gasteiger partial charge in [0.15, 0.2) is 5.82 Å². The van der Waals surface area contributed by atoms with Crippen LogP contribution in [0.5, 0.6) is 0 Å². The third-order valence-electron chi connectivity index (χ3n) is 6.36. The van der Waals surface area contributed by atoms with E-state index in [-0.39, 0.29) is 0 Å². The minimum atomic E-state index is 0.668. The highest BCUT2D eigenvalue weighted by Gasteiger charge is 2.16. The highest BCUT2D eigenvalue weighted by atomic mass is 15.0. The number of benzene rings is 3. The molecule has 160 valence electrons. The van der Waals surface area contributed by atoms with Crippen molar-refractivity contribution in [2.75, 3.05) is 0 Å². The van der Waals surface area contributed by atoms with E-state index in [0.717, 1.165) is 22.5 Å². The van der Waals surface area contributed by atoms with Crippen molar-refractivity contribution in [1.82, 2.24) is 24.1 Å². The molecule has 0 fully saturated rings. The predicted octanol–water partition coefficient (Wildman–Crippen LogP) is 6.58. The smallest absolute Gasteiger partial charge is 0.160 e. The fourth-order valence-electron chi connectivity index (χ4n) is 4.85. The summed E-state index contributed by atoms with van der Waals surface area (Å²) in [5.41, 5.74) is 6.51. The fourth-order valence-corrected chi connectivity index (χ4v) is 4.85. The molecular formula is C29H19N5. The summed E-state index contributed by atoms with van der Waals surface area (Å²) in [5, 5.41) is 3.70. The average molecular weight is 438 g/mol. The molecule has 0 aliphatic heterocycles. The molecule has 4 aromatic heterocycles. The van der Waals surface area contributed by atoms with Gasteiger partial charge in [-0.25, -0.2) is 9.97 Å². The SMILES string of the molecule is c1ccc(-n2c3ccccc3c3c4ccn(-c5cnc(-c6cccnc6)nc5)c4ccc32)cc1. The second-order valence-electron chi connectivity index (χ2n) is 8.27. The number of nitrogens with zero attached hydrogens (tertiary/aromatic N) is 5. The molecule has 0 aliphatic rings. The lowest BCUT2D eigenvalue weighted by Gasteiger charge is -2.08. The molecule has 0 spiro atoms. The molecule has 0 bridgehead atoms. The molecule has 5 nitrogen and oxygen atoms in total. The van der Waals surface area contributed by atoms with E-state index >= 15 is 0 Å². The summed E-state index contributed by atoms with van der Waals surface area (Å²) in [7, 11) is 0. The number of hydrogen-bond donors (Lipinski definition) is 0. The van der Waals surface area contributed by atoms with Gasteiger partial charge in [0.2, 0.25) is 0 Å². The second-order valence-corrected chi connectivity index (χ2v) is 8.27. The van der Waals surface area contributed by atoms with E-state index in [1.54, 1.807) is 12.4 Å². The summed E-state index contributed by atoms with van der Waals surface area (Å²) in [6.07, 6.45) is 9.36. The van der Waals surface area contributed by atoms with Crippen molar-refractivity contribution in [3.8, 4) is 22.8 Å². The summed E-state index contributed by atoms with van der Waals surface area (Å²) >= 11 is 0. The lowest BCUT2D eigenvalue weighted by atomic mass is 10.1. The maximum Gasteiger partial charge on any atom is 0.160 e. The number of pyridine rings is 1. The Labute approximate surface area is 195 Å². The van der Waals surface area contributed by atoms with Crippen LogP contribution in [-0.4, -0.2) is 24.1 Å². The maximum atomic E-state index is 4.59. The molecule has 0 unspecified atom stereocenters. The van der Waals surface area contributed by atoms with Crippen LogP contribution >= 0.6 is 0 Å². The van der Waals surface area contributed by atoms with Gasteiger partial charge in [-0.05, 0) is 48.5 Å². The topological polar surface area (TPSA) is 48.5 Å². The minimum Gasteiger partial charge on any atom is -0.314 e. The van der Waals surface area contributed by atoms with Gasteiger partial charge in [0.05, 0.1) is 34.6 Å². The van der Waals surface area contributed by atoms with Gasteiger partial charge in [-0.15, -0.1) is 0 Å². The third kappa shape index (κ3) is 2.77. The van der Waals surface area contributed by atoms with Crippen LogP contribution in [-0.2, 0) is 0 Å². The van der Waals surface area contributed by atoms with Gasteiger partial charge < -0.3 is 9.13 Å². The summed E-state index contributed by atoms with van der Waals surface area (Å²) in [5.74, 6) is 0.668. The molecule has 4 heterocycles. The number of fused-ring (bicyclic) bond motifs is 5. The Balaban J connectivity index is 1.44. The summed E-state index contributed by atoms with van der Waals surface area (Å²) in [6.45, 7) is 0. The molecule has 7 aromatic rings. The molecule has 0 atom stereocenters.